The summed E-state index contributed by atoms with van der Waals surface area (Å²) < 4.78 is 0. The molecule has 1 aliphatic rings. The maximum absolute atomic E-state index is 11.5. The lowest BCUT2D eigenvalue weighted by Gasteiger charge is -2.33. The van der Waals surface area contributed by atoms with Crippen LogP contribution >= 0.6 is 15.9 Å². The molecule has 0 bridgehead atoms. The number of hydrogen-bond acceptors (Lipinski definition) is 2. The molecular formula is C13H12BrNO. The van der Waals surface area contributed by atoms with Gasteiger partial charge in [-0.15, -0.1) is 0 Å². The van der Waals surface area contributed by atoms with Gasteiger partial charge in [-0.2, -0.15) is 5.26 Å². The van der Waals surface area contributed by atoms with Gasteiger partial charge in [0.2, 0.25) is 0 Å². The molecule has 2 rings (SSSR count). The molecule has 3 heteroatoms. The molecule has 0 amide bonds. The van der Waals surface area contributed by atoms with Crippen molar-refractivity contribution in [2.24, 2.45) is 0 Å². The van der Waals surface area contributed by atoms with E-state index in [1.807, 2.05) is 30.3 Å². The molecule has 16 heavy (non-hydrogen) atoms. The van der Waals surface area contributed by atoms with Gasteiger partial charge in [-0.25, -0.2) is 0 Å². The van der Waals surface area contributed by atoms with Gasteiger partial charge in [-0.1, -0.05) is 46.3 Å². The van der Waals surface area contributed by atoms with Crippen LogP contribution in [0.3, 0.4) is 0 Å². The van der Waals surface area contributed by atoms with Crippen molar-refractivity contribution < 1.29 is 4.79 Å². The van der Waals surface area contributed by atoms with Gasteiger partial charge in [-0.05, 0) is 18.4 Å². The quantitative estimate of drug-likeness (QED) is 0.741. The van der Waals surface area contributed by atoms with Gasteiger partial charge in [0.25, 0.3) is 0 Å². The molecule has 1 aliphatic carbocycles. The summed E-state index contributed by atoms with van der Waals surface area (Å²) in [6.45, 7) is 0. The molecule has 1 fully saturated rings. The summed E-state index contributed by atoms with van der Waals surface area (Å²) in [5, 5.41) is 9.42. The fourth-order valence-electron chi connectivity index (χ4n) is 2.20. The van der Waals surface area contributed by atoms with E-state index in [4.69, 9.17) is 0 Å². The number of halogens is 1. The molecule has 1 aromatic carbocycles. The molecule has 0 saturated heterocycles. The van der Waals surface area contributed by atoms with Crippen LogP contribution in [-0.4, -0.2) is 10.6 Å². The Hall–Kier alpha value is -1.14. The van der Waals surface area contributed by atoms with Crippen molar-refractivity contribution in [2.45, 2.75) is 29.5 Å². The molecule has 0 aromatic heterocycles. The number of alkyl halides is 1. The fraction of sp³-hybridized carbons (Fsp3) is 0.385. The van der Waals surface area contributed by atoms with E-state index in [0.29, 0.717) is 19.3 Å². The van der Waals surface area contributed by atoms with Crippen LogP contribution < -0.4 is 0 Å². The summed E-state index contributed by atoms with van der Waals surface area (Å²) in [6, 6.07) is 12.2. The average Bonchev–Trinajstić information content (AvgIpc) is 2.34. The van der Waals surface area contributed by atoms with Crippen LogP contribution in [0, 0.1) is 11.3 Å². The first kappa shape index (κ1) is 11.3. The Kier molecular flexibility index (Phi) is 3.11. The third kappa shape index (κ3) is 1.90. The molecule has 0 aliphatic heterocycles. The van der Waals surface area contributed by atoms with Crippen LogP contribution in [-0.2, 0) is 10.2 Å². The number of benzene rings is 1. The third-order valence-corrected chi connectivity index (χ3v) is 4.05. The van der Waals surface area contributed by atoms with Gasteiger partial charge in [0.1, 0.15) is 5.78 Å². The van der Waals surface area contributed by atoms with Crippen LogP contribution in [0.4, 0.5) is 0 Å². The van der Waals surface area contributed by atoms with E-state index in [0.717, 1.165) is 5.56 Å². The highest BCUT2D eigenvalue weighted by Gasteiger charge is 2.40. The second-order valence-electron chi connectivity index (χ2n) is 4.20. The number of Topliss-reactive ketones (excluding diaryl/α,β-unsaturated/α-hetero) is 1. The van der Waals surface area contributed by atoms with Crippen molar-refractivity contribution in [3.63, 3.8) is 0 Å². The van der Waals surface area contributed by atoms with Gasteiger partial charge in [0, 0.05) is 6.42 Å². The molecule has 0 spiro atoms. The molecule has 2 unspecified atom stereocenters. The summed E-state index contributed by atoms with van der Waals surface area (Å²) in [6.07, 6.45) is 1.69. The largest absolute Gasteiger partial charge is 0.298 e. The first-order valence-corrected chi connectivity index (χ1v) is 6.23. The highest BCUT2D eigenvalue weighted by Crippen LogP contribution is 2.39. The second-order valence-corrected chi connectivity index (χ2v) is 5.30. The second kappa shape index (κ2) is 4.39. The summed E-state index contributed by atoms with van der Waals surface area (Å²) in [5.41, 5.74) is 0.526. The molecule has 0 N–H and O–H groups in total. The van der Waals surface area contributed by atoms with Crippen molar-refractivity contribution in [3.8, 4) is 6.07 Å². The Bertz CT molecular complexity index is 437. The zero-order chi connectivity index (χ0) is 11.6. The molecule has 2 nitrogen and oxygen atoms in total. The number of hydrogen-bond donors (Lipinski definition) is 0. The fourth-order valence-corrected chi connectivity index (χ4v) is 2.98. The van der Waals surface area contributed by atoms with E-state index in [-0.39, 0.29) is 10.6 Å². The standard InChI is InChI=1S/C13H12BrNO/c14-11-8-13(9-15,7-6-12(11)16)10-4-2-1-3-5-10/h1-5,11H,6-8H2. The van der Waals surface area contributed by atoms with Crippen molar-refractivity contribution in [3.05, 3.63) is 35.9 Å². The van der Waals surface area contributed by atoms with Crippen LogP contribution in [0.15, 0.2) is 30.3 Å². The van der Waals surface area contributed by atoms with E-state index >= 15 is 0 Å². The summed E-state index contributed by atoms with van der Waals surface area (Å²) in [7, 11) is 0. The van der Waals surface area contributed by atoms with Gasteiger partial charge >= 0.3 is 0 Å². The van der Waals surface area contributed by atoms with E-state index in [1.54, 1.807) is 0 Å². The van der Waals surface area contributed by atoms with E-state index in [9.17, 15) is 10.1 Å². The Morgan fingerprint density at radius 3 is 2.62 bits per heavy atom. The predicted octanol–water partition coefficient (Wildman–Crippen LogP) is 2.96. The maximum atomic E-state index is 11.5. The first-order valence-electron chi connectivity index (χ1n) is 5.31. The number of carbonyl (C=O) groups is 1. The minimum Gasteiger partial charge on any atom is -0.298 e. The SMILES string of the molecule is N#CC1(c2ccccc2)CCC(=O)C(Br)C1. The summed E-state index contributed by atoms with van der Waals surface area (Å²) >= 11 is 3.37. The Morgan fingerprint density at radius 1 is 1.38 bits per heavy atom. The van der Waals surface area contributed by atoms with Crippen LogP contribution in [0.2, 0.25) is 0 Å². The third-order valence-electron chi connectivity index (χ3n) is 3.22. The summed E-state index contributed by atoms with van der Waals surface area (Å²) in [4.78, 5) is 11.3. The van der Waals surface area contributed by atoms with Crippen molar-refractivity contribution in [1.82, 2.24) is 0 Å². The number of nitriles is 1. The first-order chi connectivity index (χ1) is 7.68. The summed E-state index contributed by atoms with van der Waals surface area (Å²) in [5.74, 6) is 0.210. The zero-order valence-corrected chi connectivity index (χ0v) is 10.4. The van der Waals surface area contributed by atoms with Gasteiger partial charge in [0.05, 0.1) is 16.3 Å². The highest BCUT2D eigenvalue weighted by molar-refractivity contribution is 9.10. The molecule has 1 saturated carbocycles. The predicted molar refractivity (Wildman–Crippen MR) is 65.3 cm³/mol. The van der Waals surface area contributed by atoms with Crippen LogP contribution in [0.25, 0.3) is 0 Å². The molecular weight excluding hydrogens is 266 g/mol. The molecule has 1 aromatic rings. The van der Waals surface area contributed by atoms with E-state index in [2.05, 4.69) is 22.0 Å². The lowest BCUT2D eigenvalue weighted by molar-refractivity contribution is -0.120. The monoisotopic (exact) mass is 277 g/mol. The lowest BCUT2D eigenvalue weighted by atomic mass is 9.70. The number of nitrogens with zero attached hydrogens (tertiary/aromatic N) is 1. The average molecular weight is 278 g/mol. The van der Waals surface area contributed by atoms with Gasteiger partial charge in [0.15, 0.2) is 0 Å². The van der Waals surface area contributed by atoms with Crippen LogP contribution in [0.1, 0.15) is 24.8 Å². The van der Waals surface area contributed by atoms with Gasteiger partial charge < -0.3 is 0 Å². The van der Waals surface area contributed by atoms with Gasteiger partial charge in [-0.3, -0.25) is 4.79 Å². The smallest absolute Gasteiger partial charge is 0.146 e. The lowest BCUT2D eigenvalue weighted by Crippen LogP contribution is -2.36. The van der Waals surface area contributed by atoms with Crippen molar-refractivity contribution in [2.75, 3.05) is 0 Å². The number of carbonyl (C=O) groups excluding carboxylic acids is 1. The van der Waals surface area contributed by atoms with Crippen molar-refractivity contribution >= 4 is 21.7 Å². The maximum Gasteiger partial charge on any atom is 0.146 e. The minimum atomic E-state index is -0.497. The Balaban J connectivity index is 2.35. The van der Waals surface area contributed by atoms with E-state index in [1.165, 1.54) is 0 Å². The number of ketones is 1. The van der Waals surface area contributed by atoms with E-state index < -0.39 is 5.41 Å². The minimum absolute atomic E-state index is 0.180. The Labute approximate surface area is 103 Å². The molecule has 2 atom stereocenters. The molecule has 0 radical (unpaired) electrons. The topological polar surface area (TPSA) is 40.9 Å². The zero-order valence-electron chi connectivity index (χ0n) is 8.82. The highest BCUT2D eigenvalue weighted by atomic mass is 79.9. The van der Waals surface area contributed by atoms with Crippen molar-refractivity contribution in [1.29, 1.82) is 5.26 Å². The Morgan fingerprint density at radius 2 is 2.06 bits per heavy atom. The van der Waals surface area contributed by atoms with Crippen LogP contribution in [0.5, 0.6) is 0 Å². The molecule has 82 valence electrons. The normalized spacial score (nSPS) is 29.8. The number of rotatable bonds is 1. The molecule has 0 heterocycles.